The first-order valence-corrected chi connectivity index (χ1v) is 12.4. The Hall–Kier alpha value is -1.66. The van der Waals surface area contributed by atoms with Crippen molar-refractivity contribution in [1.82, 2.24) is 0 Å². The van der Waals surface area contributed by atoms with Crippen LogP contribution in [0.3, 0.4) is 0 Å². The molecule has 0 aromatic carbocycles. The van der Waals surface area contributed by atoms with Crippen molar-refractivity contribution in [3.63, 3.8) is 0 Å². The highest BCUT2D eigenvalue weighted by atomic mass is 32.1. The Kier molecular flexibility index (Phi) is 6.11. The lowest BCUT2D eigenvalue weighted by Crippen LogP contribution is -2.19. The lowest BCUT2D eigenvalue weighted by Gasteiger charge is -2.21. The minimum absolute atomic E-state index is 0.0883. The molecule has 0 aliphatic heterocycles. The van der Waals surface area contributed by atoms with Gasteiger partial charge in [-0.05, 0) is 68.4 Å². The van der Waals surface area contributed by atoms with Gasteiger partial charge in [-0.1, -0.05) is 20.3 Å². The van der Waals surface area contributed by atoms with Crippen LogP contribution in [0.5, 0.6) is 0 Å². The molecule has 2 aromatic rings. The van der Waals surface area contributed by atoms with E-state index < -0.39 is 0 Å². The number of rotatable bonds is 5. The Bertz CT molecular complexity index is 927. The van der Waals surface area contributed by atoms with E-state index in [4.69, 9.17) is 4.74 Å². The Balaban J connectivity index is 1.62. The summed E-state index contributed by atoms with van der Waals surface area (Å²) in [6.45, 7) is 6.64. The highest BCUT2D eigenvalue weighted by Crippen LogP contribution is 2.41. The third-order valence-electron chi connectivity index (χ3n) is 6.30. The van der Waals surface area contributed by atoms with E-state index in [9.17, 15) is 9.59 Å². The fourth-order valence-corrected chi connectivity index (χ4v) is 7.14. The third-order valence-corrected chi connectivity index (χ3v) is 8.52. The van der Waals surface area contributed by atoms with Crippen LogP contribution in [0.4, 0.5) is 5.00 Å². The molecule has 156 valence electrons. The molecule has 0 radical (unpaired) electrons. The third kappa shape index (κ3) is 4.02. The molecule has 6 heteroatoms. The number of hydrogen-bond acceptors (Lipinski definition) is 5. The van der Waals surface area contributed by atoms with E-state index in [1.54, 1.807) is 22.7 Å². The number of esters is 1. The van der Waals surface area contributed by atoms with E-state index >= 15 is 0 Å². The summed E-state index contributed by atoms with van der Waals surface area (Å²) in [5.74, 6) is 0.941. The average Bonchev–Trinajstić information content (AvgIpc) is 3.28. The van der Waals surface area contributed by atoms with E-state index in [1.807, 2.05) is 12.3 Å². The van der Waals surface area contributed by atoms with E-state index in [0.717, 1.165) is 55.6 Å². The maximum Gasteiger partial charge on any atom is 0.341 e. The van der Waals surface area contributed by atoms with Crippen molar-refractivity contribution in [2.75, 3.05) is 11.9 Å². The molecule has 2 aliphatic rings. The van der Waals surface area contributed by atoms with Gasteiger partial charge < -0.3 is 10.1 Å². The van der Waals surface area contributed by atoms with E-state index in [2.05, 4.69) is 19.2 Å². The first-order chi connectivity index (χ1) is 14.0. The molecule has 2 unspecified atom stereocenters. The molecule has 1 amide bonds. The zero-order valence-electron chi connectivity index (χ0n) is 17.4. The first kappa shape index (κ1) is 20.6. The van der Waals surface area contributed by atoms with Gasteiger partial charge in [0.2, 0.25) is 0 Å². The smallest absolute Gasteiger partial charge is 0.341 e. The summed E-state index contributed by atoms with van der Waals surface area (Å²) < 4.78 is 5.33. The van der Waals surface area contributed by atoms with Gasteiger partial charge in [0, 0.05) is 15.1 Å². The number of fused-ring (bicyclic) bond motifs is 2. The van der Waals surface area contributed by atoms with E-state index in [-0.39, 0.29) is 11.9 Å². The summed E-state index contributed by atoms with van der Waals surface area (Å²) in [4.78, 5) is 28.4. The van der Waals surface area contributed by atoms with Crippen LogP contribution >= 0.6 is 22.7 Å². The Morgan fingerprint density at radius 2 is 1.93 bits per heavy atom. The second-order valence-corrected chi connectivity index (χ2v) is 10.4. The molecular formula is C23H29NO3S2. The summed E-state index contributed by atoms with van der Waals surface area (Å²) >= 11 is 3.26. The Labute approximate surface area is 180 Å². The second kappa shape index (κ2) is 8.60. The maximum atomic E-state index is 13.2. The summed E-state index contributed by atoms with van der Waals surface area (Å²) in [6.07, 6.45) is 7.32. The van der Waals surface area contributed by atoms with Gasteiger partial charge in [-0.15, -0.1) is 22.7 Å². The lowest BCUT2D eigenvalue weighted by atomic mass is 9.86. The average molecular weight is 432 g/mol. The number of thiophene rings is 2. The molecule has 1 N–H and O–H groups in total. The second-order valence-electron chi connectivity index (χ2n) is 8.30. The van der Waals surface area contributed by atoms with Gasteiger partial charge in [0.15, 0.2) is 0 Å². The molecular weight excluding hydrogens is 402 g/mol. The number of hydrogen-bond donors (Lipinski definition) is 1. The predicted molar refractivity (Wildman–Crippen MR) is 120 cm³/mol. The molecule has 4 nitrogen and oxygen atoms in total. The fourth-order valence-electron chi connectivity index (χ4n) is 4.55. The topological polar surface area (TPSA) is 55.4 Å². The van der Waals surface area contributed by atoms with Gasteiger partial charge in [0.05, 0.1) is 17.7 Å². The minimum atomic E-state index is -0.312. The summed E-state index contributed by atoms with van der Waals surface area (Å²) in [7, 11) is 0. The number of ether oxygens (including phenoxy) is 1. The number of carbonyl (C=O) groups excluding carboxylic acids is 2. The molecule has 0 bridgehead atoms. The number of anilines is 1. The highest BCUT2D eigenvalue weighted by molar-refractivity contribution is 7.17. The van der Waals surface area contributed by atoms with Crippen molar-refractivity contribution in [1.29, 1.82) is 0 Å². The first-order valence-electron chi connectivity index (χ1n) is 10.7. The van der Waals surface area contributed by atoms with Gasteiger partial charge >= 0.3 is 5.97 Å². The largest absolute Gasteiger partial charge is 0.462 e. The molecule has 29 heavy (non-hydrogen) atoms. The lowest BCUT2D eigenvalue weighted by molar-refractivity contribution is 0.0526. The molecule has 2 heterocycles. The minimum Gasteiger partial charge on any atom is -0.462 e. The van der Waals surface area contributed by atoms with Crippen molar-refractivity contribution in [2.45, 2.75) is 65.7 Å². The SMILES string of the molecule is CCOC(=O)c1c(NC(=O)c2csc3c2CCC(CC)C3)sc2c1CCC(C)C2. The van der Waals surface area contributed by atoms with Crippen molar-refractivity contribution in [3.8, 4) is 0 Å². The number of amides is 1. The van der Waals surface area contributed by atoms with Crippen LogP contribution in [0.2, 0.25) is 0 Å². The van der Waals surface area contributed by atoms with E-state index in [0.29, 0.717) is 23.1 Å². The van der Waals surface area contributed by atoms with Crippen LogP contribution in [0.1, 0.15) is 81.6 Å². The zero-order chi connectivity index (χ0) is 20.5. The van der Waals surface area contributed by atoms with E-state index in [1.165, 1.54) is 21.7 Å². The van der Waals surface area contributed by atoms with Crippen LogP contribution in [0.25, 0.3) is 0 Å². The van der Waals surface area contributed by atoms with Crippen molar-refractivity contribution in [3.05, 3.63) is 37.4 Å². The van der Waals surface area contributed by atoms with Gasteiger partial charge in [-0.2, -0.15) is 0 Å². The van der Waals surface area contributed by atoms with Crippen LogP contribution in [0, 0.1) is 11.8 Å². The van der Waals surface area contributed by atoms with Crippen molar-refractivity contribution >= 4 is 39.6 Å². The summed E-state index contributed by atoms with van der Waals surface area (Å²) in [5, 5.41) is 5.74. The number of nitrogens with one attached hydrogen (secondary N) is 1. The van der Waals surface area contributed by atoms with Crippen molar-refractivity contribution in [2.24, 2.45) is 11.8 Å². The van der Waals surface area contributed by atoms with Crippen LogP contribution in [-0.4, -0.2) is 18.5 Å². The molecule has 0 saturated carbocycles. The van der Waals surface area contributed by atoms with Crippen LogP contribution in [-0.2, 0) is 30.4 Å². The molecule has 2 aliphatic carbocycles. The Morgan fingerprint density at radius 3 is 2.69 bits per heavy atom. The fraction of sp³-hybridized carbons (Fsp3) is 0.565. The molecule has 2 aromatic heterocycles. The maximum absolute atomic E-state index is 13.2. The monoisotopic (exact) mass is 431 g/mol. The number of carbonyl (C=O) groups is 2. The predicted octanol–water partition coefficient (Wildman–Crippen LogP) is 5.88. The van der Waals surface area contributed by atoms with Crippen LogP contribution in [0.15, 0.2) is 5.38 Å². The summed E-state index contributed by atoms with van der Waals surface area (Å²) in [5.41, 5.74) is 3.67. The van der Waals surface area contributed by atoms with Gasteiger partial charge in [-0.3, -0.25) is 4.79 Å². The molecule has 0 saturated heterocycles. The summed E-state index contributed by atoms with van der Waals surface area (Å²) in [6, 6.07) is 0. The molecule has 4 rings (SSSR count). The van der Waals surface area contributed by atoms with Gasteiger partial charge in [0.1, 0.15) is 5.00 Å². The molecule has 0 fully saturated rings. The molecule has 2 atom stereocenters. The van der Waals surface area contributed by atoms with Gasteiger partial charge in [-0.25, -0.2) is 4.79 Å². The van der Waals surface area contributed by atoms with Crippen molar-refractivity contribution < 1.29 is 14.3 Å². The van der Waals surface area contributed by atoms with Crippen LogP contribution < -0.4 is 5.32 Å². The standard InChI is InChI=1S/C23H29NO3S2/c1-4-14-7-9-15-17(12-28-18(15)11-14)21(25)24-22-20(23(26)27-5-2)16-8-6-13(3)10-19(16)29-22/h12-14H,4-11H2,1-3H3,(H,24,25). The Morgan fingerprint density at radius 1 is 1.14 bits per heavy atom. The normalized spacial score (nSPS) is 20.7. The zero-order valence-corrected chi connectivity index (χ0v) is 19.1. The highest BCUT2D eigenvalue weighted by Gasteiger charge is 2.30. The quantitative estimate of drug-likeness (QED) is 0.602. The molecule has 0 spiro atoms. The van der Waals surface area contributed by atoms with Gasteiger partial charge in [0.25, 0.3) is 5.91 Å².